The van der Waals surface area contributed by atoms with Crippen molar-refractivity contribution in [2.24, 2.45) is 0 Å². The molecule has 0 aliphatic rings. The van der Waals surface area contributed by atoms with Crippen LogP contribution in [0.4, 0.5) is 10.7 Å². The number of anilines is 1. The number of hydrogen-bond donors (Lipinski definition) is 2. The molecule has 11 heteroatoms. The van der Waals surface area contributed by atoms with Gasteiger partial charge in [0.2, 0.25) is 0 Å². The standard InChI is InChI=1S/C9H15N3O6S2/c1-11(4-6(13)5-18-2)20(16,17)8-3-7(12(14)15)9(10)19-8/h3,6,13H,4-5,10H2,1-2H3. The number of methoxy groups -OCH3 is 1. The van der Waals surface area contributed by atoms with Gasteiger partial charge in [0.15, 0.2) is 5.00 Å². The molecular formula is C9H15N3O6S2. The Kier molecular flexibility index (Phi) is 5.42. The van der Waals surface area contributed by atoms with Crippen LogP contribution in [-0.2, 0) is 14.8 Å². The summed E-state index contributed by atoms with van der Waals surface area (Å²) < 4.78 is 29.7. The normalized spacial score (nSPS) is 13.6. The first-order valence-corrected chi connectivity index (χ1v) is 7.62. The first kappa shape index (κ1) is 16.8. The fourth-order valence-electron chi connectivity index (χ4n) is 1.44. The lowest BCUT2D eigenvalue weighted by Crippen LogP contribution is -2.35. The second-order valence-corrected chi connectivity index (χ2v) is 7.32. The van der Waals surface area contributed by atoms with E-state index in [9.17, 15) is 23.6 Å². The van der Waals surface area contributed by atoms with Crippen LogP contribution < -0.4 is 5.73 Å². The summed E-state index contributed by atoms with van der Waals surface area (Å²) in [5, 5.41) is 20.0. The Bertz CT molecular complexity index is 585. The molecular weight excluding hydrogens is 310 g/mol. The Morgan fingerprint density at radius 2 is 2.25 bits per heavy atom. The van der Waals surface area contributed by atoms with E-state index in [1.165, 1.54) is 14.2 Å². The zero-order valence-electron chi connectivity index (χ0n) is 10.8. The number of sulfonamides is 1. The molecule has 1 aromatic rings. The van der Waals surface area contributed by atoms with Crippen molar-refractivity contribution in [3.63, 3.8) is 0 Å². The quantitative estimate of drug-likeness (QED) is 0.526. The second-order valence-electron chi connectivity index (χ2n) is 3.97. The highest BCUT2D eigenvalue weighted by molar-refractivity contribution is 7.91. The lowest BCUT2D eigenvalue weighted by molar-refractivity contribution is -0.383. The third-order valence-corrected chi connectivity index (χ3v) is 5.63. The third-order valence-electron chi connectivity index (χ3n) is 2.41. The van der Waals surface area contributed by atoms with Crippen LogP contribution in [0.5, 0.6) is 0 Å². The van der Waals surface area contributed by atoms with Gasteiger partial charge in [-0.3, -0.25) is 10.1 Å². The van der Waals surface area contributed by atoms with Gasteiger partial charge in [-0.05, 0) is 0 Å². The molecule has 0 saturated heterocycles. The van der Waals surface area contributed by atoms with Crippen molar-refractivity contribution in [3.05, 3.63) is 16.2 Å². The molecule has 1 unspecified atom stereocenters. The van der Waals surface area contributed by atoms with Crippen LogP contribution in [-0.4, -0.2) is 56.2 Å². The van der Waals surface area contributed by atoms with Crippen molar-refractivity contribution in [2.45, 2.75) is 10.3 Å². The van der Waals surface area contributed by atoms with E-state index < -0.39 is 26.7 Å². The summed E-state index contributed by atoms with van der Waals surface area (Å²) in [6, 6.07) is 0.911. The van der Waals surface area contributed by atoms with Crippen molar-refractivity contribution in [3.8, 4) is 0 Å². The van der Waals surface area contributed by atoms with Crippen LogP contribution in [0.25, 0.3) is 0 Å². The maximum Gasteiger partial charge on any atom is 0.304 e. The summed E-state index contributed by atoms with van der Waals surface area (Å²) in [4.78, 5) is 9.92. The van der Waals surface area contributed by atoms with Gasteiger partial charge in [-0.2, -0.15) is 4.31 Å². The van der Waals surface area contributed by atoms with Crippen molar-refractivity contribution in [1.82, 2.24) is 4.31 Å². The van der Waals surface area contributed by atoms with Crippen molar-refractivity contribution in [1.29, 1.82) is 0 Å². The number of rotatable bonds is 7. The van der Waals surface area contributed by atoms with Gasteiger partial charge in [-0.15, -0.1) is 0 Å². The predicted molar refractivity (Wildman–Crippen MR) is 73.1 cm³/mol. The molecule has 0 amide bonds. The van der Waals surface area contributed by atoms with Crippen molar-refractivity contribution < 1.29 is 23.2 Å². The summed E-state index contributed by atoms with van der Waals surface area (Å²) in [5.74, 6) is 0. The van der Waals surface area contributed by atoms with Gasteiger partial charge in [-0.25, -0.2) is 8.42 Å². The van der Waals surface area contributed by atoms with Crippen molar-refractivity contribution >= 4 is 32.0 Å². The van der Waals surface area contributed by atoms with Gasteiger partial charge in [0.25, 0.3) is 10.0 Å². The lowest BCUT2D eigenvalue weighted by Gasteiger charge is -2.19. The molecule has 3 N–H and O–H groups in total. The number of nitrogens with two attached hydrogens (primary N) is 1. The number of ether oxygens (including phenoxy) is 1. The molecule has 0 bridgehead atoms. The summed E-state index contributed by atoms with van der Waals surface area (Å²) in [7, 11) is -1.30. The van der Waals surface area contributed by atoms with Gasteiger partial charge >= 0.3 is 5.69 Å². The van der Waals surface area contributed by atoms with Crippen LogP contribution in [0.15, 0.2) is 10.3 Å². The van der Waals surface area contributed by atoms with Crippen LogP contribution in [0.2, 0.25) is 0 Å². The Morgan fingerprint density at radius 1 is 1.65 bits per heavy atom. The SMILES string of the molecule is COCC(O)CN(C)S(=O)(=O)c1cc([N+](=O)[O-])c(N)s1. The van der Waals surface area contributed by atoms with E-state index in [2.05, 4.69) is 0 Å². The summed E-state index contributed by atoms with van der Waals surface area (Å²) >= 11 is 0.612. The van der Waals surface area contributed by atoms with Crippen molar-refractivity contribution in [2.75, 3.05) is 33.0 Å². The Morgan fingerprint density at radius 3 is 2.70 bits per heavy atom. The van der Waals surface area contributed by atoms with E-state index in [1.807, 2.05) is 0 Å². The summed E-state index contributed by atoms with van der Waals surface area (Å²) in [5.41, 5.74) is 4.97. The van der Waals surface area contributed by atoms with Crippen LogP contribution in [0, 0.1) is 10.1 Å². The molecule has 20 heavy (non-hydrogen) atoms. The highest BCUT2D eigenvalue weighted by Gasteiger charge is 2.29. The number of likely N-dealkylation sites (N-methyl/N-ethyl adjacent to an activating group) is 1. The highest BCUT2D eigenvalue weighted by atomic mass is 32.2. The molecule has 1 rings (SSSR count). The number of nitrogen functional groups attached to an aromatic ring is 1. The fraction of sp³-hybridized carbons (Fsp3) is 0.556. The molecule has 9 nitrogen and oxygen atoms in total. The molecule has 1 heterocycles. The Balaban J connectivity index is 2.98. The zero-order chi connectivity index (χ0) is 15.5. The minimum absolute atomic E-state index is 0.0212. The average molecular weight is 325 g/mol. The number of aliphatic hydroxyl groups excluding tert-OH is 1. The maximum absolute atomic E-state index is 12.2. The van der Waals surface area contributed by atoms with Gasteiger partial charge in [0.05, 0.1) is 17.6 Å². The van der Waals surface area contributed by atoms with E-state index in [1.54, 1.807) is 0 Å². The minimum Gasteiger partial charge on any atom is -0.389 e. The number of thiophene rings is 1. The summed E-state index contributed by atoms with van der Waals surface area (Å²) in [6.45, 7) is -0.214. The molecule has 0 saturated carbocycles. The number of aliphatic hydroxyl groups is 1. The molecule has 1 aromatic heterocycles. The largest absolute Gasteiger partial charge is 0.389 e. The van der Waals surface area contributed by atoms with Gasteiger partial charge in [-0.1, -0.05) is 11.3 Å². The van der Waals surface area contributed by atoms with Gasteiger partial charge in [0.1, 0.15) is 4.21 Å². The van der Waals surface area contributed by atoms with Gasteiger partial charge < -0.3 is 15.6 Å². The third kappa shape index (κ3) is 3.64. The molecule has 1 atom stereocenters. The van der Waals surface area contributed by atoms with Crippen LogP contribution in [0.3, 0.4) is 0 Å². The Labute approximate surface area is 119 Å². The van der Waals surface area contributed by atoms with E-state index in [0.29, 0.717) is 11.3 Å². The number of nitro groups is 1. The van der Waals surface area contributed by atoms with Crippen LogP contribution in [0.1, 0.15) is 0 Å². The first-order valence-electron chi connectivity index (χ1n) is 5.37. The lowest BCUT2D eigenvalue weighted by atomic mass is 10.4. The maximum atomic E-state index is 12.2. The van der Waals surface area contributed by atoms with Gasteiger partial charge in [0, 0.05) is 26.8 Å². The number of hydrogen-bond acceptors (Lipinski definition) is 8. The first-order chi connectivity index (χ1) is 9.20. The molecule has 0 aliphatic heterocycles. The topological polar surface area (TPSA) is 136 Å². The monoisotopic (exact) mass is 325 g/mol. The molecule has 0 aromatic carbocycles. The highest BCUT2D eigenvalue weighted by Crippen LogP contribution is 2.35. The van der Waals surface area contributed by atoms with E-state index in [4.69, 9.17) is 10.5 Å². The second kappa shape index (κ2) is 6.45. The number of nitrogens with zero attached hydrogens (tertiary/aromatic N) is 2. The molecule has 0 fully saturated rings. The minimum atomic E-state index is -3.94. The smallest absolute Gasteiger partial charge is 0.304 e. The molecule has 0 radical (unpaired) electrons. The average Bonchev–Trinajstić information content (AvgIpc) is 2.72. The zero-order valence-corrected chi connectivity index (χ0v) is 12.5. The van der Waals surface area contributed by atoms with E-state index in [-0.39, 0.29) is 22.4 Å². The fourth-order valence-corrected chi connectivity index (χ4v) is 4.07. The van der Waals surface area contributed by atoms with Crippen LogP contribution >= 0.6 is 11.3 Å². The summed E-state index contributed by atoms with van der Waals surface area (Å²) in [6.07, 6.45) is -0.993. The predicted octanol–water partition coefficient (Wildman–Crippen LogP) is -0.134. The molecule has 0 aliphatic carbocycles. The molecule has 114 valence electrons. The Hall–Kier alpha value is -1.27. The van der Waals surface area contributed by atoms with E-state index in [0.717, 1.165) is 10.4 Å². The molecule has 0 spiro atoms. The van der Waals surface area contributed by atoms with E-state index >= 15 is 0 Å².